The fourth-order valence-electron chi connectivity index (χ4n) is 1.42. The third kappa shape index (κ3) is 2.94. The molecule has 0 bridgehead atoms. The number of aromatic nitrogens is 1. The maximum atomic E-state index is 13.2. The number of esters is 1. The zero-order chi connectivity index (χ0) is 13.0. The maximum absolute atomic E-state index is 13.2. The quantitative estimate of drug-likeness (QED) is 0.645. The Morgan fingerprint density at radius 3 is 2.71 bits per heavy atom. The molecule has 2 N–H and O–H groups in total. The second-order valence-corrected chi connectivity index (χ2v) is 3.22. The van der Waals surface area contributed by atoms with Gasteiger partial charge in [-0.25, -0.2) is 13.8 Å². The molecule has 0 amide bonds. The molecule has 0 unspecified atom stereocenters. The zero-order valence-corrected chi connectivity index (χ0v) is 9.04. The van der Waals surface area contributed by atoms with Crippen LogP contribution in [0.25, 0.3) is 0 Å². The second-order valence-electron chi connectivity index (χ2n) is 3.22. The Labute approximate surface area is 95.6 Å². The monoisotopic (exact) mass is 248 g/mol. The minimum absolute atomic E-state index is 0.0753. The smallest absolute Gasteiger partial charge is 0.310 e. The zero-order valence-electron chi connectivity index (χ0n) is 9.04. The first kappa shape index (κ1) is 13.4. The maximum Gasteiger partial charge on any atom is 0.310 e. The Bertz CT molecular complexity index is 424. The normalized spacial score (nSPS) is 10.7. The molecule has 4 nitrogen and oxygen atoms in total. The fourth-order valence-corrected chi connectivity index (χ4v) is 1.42. The highest BCUT2D eigenvalue weighted by Gasteiger charge is 2.22. The van der Waals surface area contributed by atoms with Crippen molar-refractivity contribution in [2.75, 3.05) is 7.11 Å². The highest BCUT2D eigenvalue weighted by atomic mass is 19.3. The van der Waals surface area contributed by atoms with Crippen molar-refractivity contribution in [3.8, 4) is 0 Å². The number of methoxy groups -OCH3 is 1. The van der Waals surface area contributed by atoms with Crippen molar-refractivity contribution in [1.29, 1.82) is 0 Å². The highest BCUT2D eigenvalue weighted by Crippen LogP contribution is 2.28. The molecule has 0 radical (unpaired) electrons. The molecule has 17 heavy (non-hydrogen) atoms. The Kier molecular flexibility index (Phi) is 4.45. The molecule has 0 saturated carbocycles. The number of pyridine rings is 1. The Hall–Kier alpha value is -1.63. The molecule has 94 valence electrons. The fraction of sp³-hybridized carbons (Fsp3) is 0.400. The third-order valence-electron chi connectivity index (χ3n) is 2.24. The molecule has 1 heterocycles. The summed E-state index contributed by atoms with van der Waals surface area (Å²) in [6, 6.07) is 0. The van der Waals surface area contributed by atoms with Gasteiger partial charge in [-0.3, -0.25) is 4.79 Å². The number of ether oxygens (including phenoxy) is 1. The van der Waals surface area contributed by atoms with Crippen LogP contribution >= 0.6 is 0 Å². The number of alkyl halides is 2. The third-order valence-corrected chi connectivity index (χ3v) is 2.24. The molecule has 0 atom stereocenters. The molecule has 0 fully saturated rings. The van der Waals surface area contributed by atoms with Gasteiger partial charge in [0.05, 0.1) is 13.5 Å². The Morgan fingerprint density at radius 2 is 2.24 bits per heavy atom. The van der Waals surface area contributed by atoms with Crippen molar-refractivity contribution < 1.29 is 22.7 Å². The number of rotatable bonds is 4. The highest BCUT2D eigenvalue weighted by molar-refractivity contribution is 5.73. The molecule has 1 rings (SSSR count). The molecule has 0 aromatic carbocycles. The van der Waals surface area contributed by atoms with E-state index in [-0.39, 0.29) is 11.1 Å². The van der Waals surface area contributed by atoms with E-state index in [4.69, 9.17) is 5.73 Å². The number of hydrogen-bond acceptors (Lipinski definition) is 4. The van der Waals surface area contributed by atoms with E-state index in [9.17, 15) is 18.0 Å². The van der Waals surface area contributed by atoms with Crippen LogP contribution in [0.5, 0.6) is 0 Å². The summed E-state index contributed by atoms with van der Waals surface area (Å²) in [5.74, 6) is -1.75. The Balaban J connectivity index is 3.25. The van der Waals surface area contributed by atoms with E-state index >= 15 is 0 Å². The van der Waals surface area contributed by atoms with Crippen LogP contribution in [-0.4, -0.2) is 18.1 Å². The van der Waals surface area contributed by atoms with E-state index in [1.54, 1.807) is 0 Å². The SMILES string of the molecule is COC(=O)Cc1cnc(F)c(CN)c1C(F)F. The number of halogens is 3. The number of nitrogens with zero attached hydrogens (tertiary/aromatic N) is 1. The molecule has 1 aromatic rings. The molecular formula is C10H11F3N2O2. The lowest BCUT2D eigenvalue weighted by Gasteiger charge is -2.12. The summed E-state index contributed by atoms with van der Waals surface area (Å²) in [7, 11) is 1.13. The van der Waals surface area contributed by atoms with Crippen molar-refractivity contribution >= 4 is 5.97 Å². The lowest BCUT2D eigenvalue weighted by Crippen LogP contribution is -2.13. The first-order valence-electron chi connectivity index (χ1n) is 4.72. The minimum Gasteiger partial charge on any atom is -0.469 e. The van der Waals surface area contributed by atoms with Crippen LogP contribution in [0.15, 0.2) is 6.20 Å². The minimum atomic E-state index is -2.93. The molecule has 1 aromatic heterocycles. The molecule has 0 spiro atoms. The van der Waals surface area contributed by atoms with Gasteiger partial charge in [0.2, 0.25) is 5.95 Å². The van der Waals surface area contributed by atoms with E-state index < -0.39 is 36.9 Å². The number of carbonyl (C=O) groups is 1. The van der Waals surface area contributed by atoms with Gasteiger partial charge < -0.3 is 10.5 Å². The number of nitrogens with two attached hydrogens (primary N) is 1. The molecule has 0 aliphatic rings. The average molecular weight is 248 g/mol. The van der Waals surface area contributed by atoms with Crippen LogP contribution in [0.1, 0.15) is 23.1 Å². The summed E-state index contributed by atoms with van der Waals surface area (Å²) in [5.41, 5.74) is 4.16. The van der Waals surface area contributed by atoms with Crippen molar-refractivity contribution in [2.24, 2.45) is 5.73 Å². The predicted octanol–water partition coefficient (Wildman–Crippen LogP) is 1.33. The van der Waals surface area contributed by atoms with Gasteiger partial charge in [-0.1, -0.05) is 0 Å². The van der Waals surface area contributed by atoms with Crippen LogP contribution < -0.4 is 5.73 Å². The van der Waals surface area contributed by atoms with Gasteiger partial charge in [-0.05, 0) is 5.56 Å². The van der Waals surface area contributed by atoms with Crippen LogP contribution in [-0.2, 0) is 22.5 Å². The molecule has 0 saturated heterocycles. The first-order valence-corrected chi connectivity index (χ1v) is 4.72. The summed E-state index contributed by atoms with van der Waals surface area (Å²) < 4.78 is 43.1. The molecule has 0 aliphatic carbocycles. The summed E-state index contributed by atoms with van der Waals surface area (Å²) in [6.45, 7) is -0.409. The van der Waals surface area contributed by atoms with Gasteiger partial charge in [0.25, 0.3) is 6.43 Å². The molecular weight excluding hydrogens is 237 g/mol. The number of carbonyl (C=O) groups excluding carboxylic acids is 1. The van der Waals surface area contributed by atoms with E-state index in [0.29, 0.717) is 0 Å². The van der Waals surface area contributed by atoms with E-state index in [1.807, 2.05) is 0 Å². The van der Waals surface area contributed by atoms with Crippen LogP contribution in [0.2, 0.25) is 0 Å². The van der Waals surface area contributed by atoms with E-state index in [2.05, 4.69) is 9.72 Å². The van der Waals surface area contributed by atoms with Crippen molar-refractivity contribution in [3.63, 3.8) is 0 Å². The van der Waals surface area contributed by atoms with Crippen LogP contribution in [0.3, 0.4) is 0 Å². The van der Waals surface area contributed by atoms with Gasteiger partial charge in [0, 0.05) is 23.9 Å². The molecule has 0 aliphatic heterocycles. The predicted molar refractivity (Wildman–Crippen MR) is 52.8 cm³/mol. The van der Waals surface area contributed by atoms with Crippen molar-refractivity contribution in [2.45, 2.75) is 19.4 Å². The first-order chi connectivity index (χ1) is 8.01. The van der Waals surface area contributed by atoms with Gasteiger partial charge in [0.1, 0.15) is 0 Å². The molecule has 7 heteroatoms. The van der Waals surface area contributed by atoms with Crippen LogP contribution in [0, 0.1) is 5.95 Å². The van der Waals surface area contributed by atoms with Crippen LogP contribution in [0.4, 0.5) is 13.2 Å². The Morgan fingerprint density at radius 1 is 1.59 bits per heavy atom. The van der Waals surface area contributed by atoms with Gasteiger partial charge in [-0.15, -0.1) is 0 Å². The largest absolute Gasteiger partial charge is 0.469 e. The summed E-state index contributed by atoms with van der Waals surface area (Å²) in [6.07, 6.45) is -2.42. The lowest BCUT2D eigenvalue weighted by molar-refractivity contribution is -0.139. The lowest BCUT2D eigenvalue weighted by atomic mass is 10.0. The van der Waals surface area contributed by atoms with Gasteiger partial charge in [0.15, 0.2) is 0 Å². The second kappa shape index (κ2) is 5.62. The summed E-state index contributed by atoms with van der Waals surface area (Å²) in [5, 5.41) is 0. The van der Waals surface area contributed by atoms with Gasteiger partial charge >= 0.3 is 5.97 Å². The van der Waals surface area contributed by atoms with Crippen molar-refractivity contribution in [3.05, 3.63) is 28.8 Å². The van der Waals surface area contributed by atoms with E-state index in [1.165, 1.54) is 0 Å². The van der Waals surface area contributed by atoms with Gasteiger partial charge in [-0.2, -0.15) is 4.39 Å². The standard InChI is InChI=1S/C10H11F3N2O2/c1-17-7(16)2-5-4-15-10(13)6(3-14)8(5)9(11)12/h4,9H,2-3,14H2,1H3. The number of hydrogen-bond donors (Lipinski definition) is 1. The topological polar surface area (TPSA) is 65.2 Å². The van der Waals surface area contributed by atoms with Crippen molar-refractivity contribution in [1.82, 2.24) is 4.98 Å². The summed E-state index contributed by atoms with van der Waals surface area (Å²) >= 11 is 0. The summed E-state index contributed by atoms with van der Waals surface area (Å²) in [4.78, 5) is 14.3. The van der Waals surface area contributed by atoms with E-state index in [0.717, 1.165) is 13.3 Å². The average Bonchev–Trinajstić information content (AvgIpc) is 2.30.